The molecule has 0 aliphatic heterocycles. The average molecular weight is 370 g/mol. The first-order valence-corrected chi connectivity index (χ1v) is 8.43. The van der Waals surface area contributed by atoms with Crippen LogP contribution in [0.1, 0.15) is 29.3 Å². The molecule has 0 saturated heterocycles. The van der Waals surface area contributed by atoms with Gasteiger partial charge in [-0.25, -0.2) is 4.79 Å². The average Bonchev–Trinajstić information content (AvgIpc) is 2.66. The van der Waals surface area contributed by atoms with E-state index in [9.17, 15) is 14.4 Å². The van der Waals surface area contributed by atoms with E-state index in [1.165, 1.54) is 14.0 Å². The molecule has 2 aromatic carbocycles. The molecule has 0 heterocycles. The third kappa shape index (κ3) is 6.47. The van der Waals surface area contributed by atoms with Crippen LogP contribution in [0.25, 0.3) is 0 Å². The predicted octanol–water partition coefficient (Wildman–Crippen LogP) is 3.15. The fraction of sp³-hybridized carbons (Fsp3) is 0.250. The number of Topliss-reactive ketones (excluding diaryl/α,β-unsaturated/α-hetero) is 1. The second-order valence-corrected chi connectivity index (χ2v) is 5.74. The Balaban J connectivity index is 1.77. The Morgan fingerprint density at radius 2 is 1.78 bits per heavy atom. The number of urea groups is 1. The van der Waals surface area contributed by atoms with Crippen LogP contribution in [0.4, 0.5) is 10.5 Å². The molecule has 142 valence electrons. The van der Waals surface area contributed by atoms with Gasteiger partial charge < -0.3 is 20.1 Å². The molecule has 0 radical (unpaired) electrons. The molecule has 27 heavy (non-hydrogen) atoms. The third-order valence-electron chi connectivity index (χ3n) is 3.72. The third-order valence-corrected chi connectivity index (χ3v) is 3.72. The molecule has 7 nitrogen and oxygen atoms in total. The summed E-state index contributed by atoms with van der Waals surface area (Å²) in [5, 5.41) is 5.24. The van der Waals surface area contributed by atoms with E-state index in [1.807, 2.05) is 18.2 Å². The molecule has 0 saturated carbocycles. The zero-order valence-electron chi connectivity index (χ0n) is 15.3. The van der Waals surface area contributed by atoms with Gasteiger partial charge in [0.05, 0.1) is 13.5 Å². The summed E-state index contributed by atoms with van der Waals surface area (Å²) < 4.78 is 10.4. The van der Waals surface area contributed by atoms with Gasteiger partial charge in [0.1, 0.15) is 12.4 Å². The van der Waals surface area contributed by atoms with E-state index >= 15 is 0 Å². The first-order valence-electron chi connectivity index (χ1n) is 8.43. The maximum absolute atomic E-state index is 11.9. The molecule has 0 aliphatic rings. The number of amides is 2. The van der Waals surface area contributed by atoms with Crippen LogP contribution < -0.4 is 15.4 Å². The minimum Gasteiger partial charge on any atom is -0.496 e. The Morgan fingerprint density at radius 3 is 2.44 bits per heavy atom. The van der Waals surface area contributed by atoms with Gasteiger partial charge in [-0.3, -0.25) is 9.59 Å². The van der Waals surface area contributed by atoms with Gasteiger partial charge in [-0.05, 0) is 37.3 Å². The number of benzene rings is 2. The van der Waals surface area contributed by atoms with Crippen LogP contribution in [0.3, 0.4) is 0 Å². The topological polar surface area (TPSA) is 93.7 Å². The van der Waals surface area contributed by atoms with Crippen molar-refractivity contribution in [2.24, 2.45) is 0 Å². The molecule has 0 bridgehead atoms. The molecule has 0 unspecified atom stereocenters. The van der Waals surface area contributed by atoms with E-state index in [1.54, 1.807) is 30.3 Å². The SMILES string of the molecule is COc1ccc(C(C)=O)cc1COC(=O)CCNC(=O)Nc1ccccc1. The highest BCUT2D eigenvalue weighted by atomic mass is 16.5. The zero-order chi connectivity index (χ0) is 19.6. The number of rotatable bonds is 8. The minimum atomic E-state index is -0.467. The number of ketones is 1. The summed E-state index contributed by atoms with van der Waals surface area (Å²) in [7, 11) is 1.50. The van der Waals surface area contributed by atoms with Crippen LogP contribution in [0, 0.1) is 0 Å². The maximum Gasteiger partial charge on any atom is 0.319 e. The van der Waals surface area contributed by atoms with E-state index in [4.69, 9.17) is 9.47 Å². The molecule has 2 amide bonds. The Labute approximate surface area is 157 Å². The standard InChI is InChI=1S/C20H22N2O5/c1-14(23)15-8-9-18(26-2)16(12-15)13-27-19(24)10-11-21-20(25)22-17-6-4-3-5-7-17/h3-9,12H,10-11,13H2,1-2H3,(H2,21,22,25). The van der Waals surface area contributed by atoms with E-state index in [0.29, 0.717) is 22.6 Å². The van der Waals surface area contributed by atoms with Crippen molar-refractivity contribution in [2.45, 2.75) is 20.0 Å². The normalized spacial score (nSPS) is 10.0. The summed E-state index contributed by atoms with van der Waals surface area (Å²) in [5.74, 6) is -0.0164. The second-order valence-electron chi connectivity index (χ2n) is 5.74. The van der Waals surface area contributed by atoms with Crippen molar-refractivity contribution in [3.05, 3.63) is 59.7 Å². The van der Waals surface area contributed by atoms with Crippen molar-refractivity contribution in [1.82, 2.24) is 5.32 Å². The van der Waals surface area contributed by atoms with Crippen LogP contribution in [-0.4, -0.2) is 31.4 Å². The van der Waals surface area contributed by atoms with Crippen LogP contribution in [-0.2, 0) is 16.1 Å². The summed E-state index contributed by atoms with van der Waals surface area (Å²) in [6.07, 6.45) is 0.0247. The molecule has 0 atom stereocenters. The van der Waals surface area contributed by atoms with Gasteiger partial charge in [0, 0.05) is 23.4 Å². The van der Waals surface area contributed by atoms with E-state index in [0.717, 1.165) is 0 Å². The van der Waals surface area contributed by atoms with Crippen LogP contribution in [0.2, 0.25) is 0 Å². The molecule has 2 N–H and O–H groups in total. The van der Waals surface area contributed by atoms with Gasteiger partial charge in [0.25, 0.3) is 0 Å². The highest BCUT2D eigenvalue weighted by Crippen LogP contribution is 2.21. The fourth-order valence-corrected chi connectivity index (χ4v) is 2.32. The van der Waals surface area contributed by atoms with Gasteiger partial charge in [-0.2, -0.15) is 0 Å². The fourth-order valence-electron chi connectivity index (χ4n) is 2.32. The van der Waals surface area contributed by atoms with Crippen molar-refractivity contribution in [3.63, 3.8) is 0 Å². The number of ether oxygens (including phenoxy) is 2. The first kappa shape index (κ1) is 20.0. The van der Waals surface area contributed by atoms with E-state index < -0.39 is 12.0 Å². The molecule has 2 aromatic rings. The quantitative estimate of drug-likeness (QED) is 0.550. The molecular formula is C20H22N2O5. The largest absolute Gasteiger partial charge is 0.496 e. The summed E-state index contributed by atoms with van der Waals surface area (Å²) in [6.45, 7) is 1.59. The van der Waals surface area contributed by atoms with Gasteiger partial charge >= 0.3 is 12.0 Å². The van der Waals surface area contributed by atoms with Crippen molar-refractivity contribution < 1.29 is 23.9 Å². The van der Waals surface area contributed by atoms with Crippen molar-refractivity contribution in [1.29, 1.82) is 0 Å². The Hall–Kier alpha value is -3.35. The number of nitrogens with one attached hydrogen (secondary N) is 2. The lowest BCUT2D eigenvalue weighted by atomic mass is 10.1. The molecule has 2 rings (SSSR count). The first-order chi connectivity index (χ1) is 13.0. The number of carbonyl (C=O) groups excluding carboxylic acids is 3. The number of methoxy groups -OCH3 is 1. The van der Waals surface area contributed by atoms with Gasteiger partial charge in [0.2, 0.25) is 0 Å². The minimum absolute atomic E-state index is 0.0145. The highest BCUT2D eigenvalue weighted by molar-refractivity contribution is 5.94. The second kappa shape index (κ2) is 9.96. The van der Waals surface area contributed by atoms with E-state index in [-0.39, 0.29) is 25.4 Å². The summed E-state index contributed by atoms with van der Waals surface area (Å²) in [6, 6.07) is 13.5. The molecule has 0 fully saturated rings. The lowest BCUT2D eigenvalue weighted by Crippen LogP contribution is -2.30. The van der Waals surface area contributed by atoms with Gasteiger partial charge in [-0.15, -0.1) is 0 Å². The molecule has 0 spiro atoms. The summed E-state index contributed by atoms with van der Waals surface area (Å²) in [4.78, 5) is 35.1. The molecule has 7 heteroatoms. The molecular weight excluding hydrogens is 348 g/mol. The van der Waals surface area contributed by atoms with Crippen LogP contribution >= 0.6 is 0 Å². The Bertz CT molecular complexity index is 805. The Morgan fingerprint density at radius 1 is 1.04 bits per heavy atom. The van der Waals surface area contributed by atoms with E-state index in [2.05, 4.69) is 10.6 Å². The maximum atomic E-state index is 11.9. The number of para-hydroxylation sites is 1. The van der Waals surface area contributed by atoms with Crippen molar-refractivity contribution in [3.8, 4) is 5.75 Å². The van der Waals surface area contributed by atoms with Crippen molar-refractivity contribution in [2.75, 3.05) is 19.0 Å². The lowest BCUT2D eigenvalue weighted by molar-refractivity contribution is -0.144. The summed E-state index contributed by atoms with van der Waals surface area (Å²) >= 11 is 0. The molecule has 0 aliphatic carbocycles. The van der Waals surface area contributed by atoms with Crippen LogP contribution in [0.5, 0.6) is 5.75 Å². The smallest absolute Gasteiger partial charge is 0.319 e. The number of esters is 1. The number of hydrogen-bond donors (Lipinski definition) is 2. The zero-order valence-corrected chi connectivity index (χ0v) is 15.3. The highest BCUT2D eigenvalue weighted by Gasteiger charge is 2.11. The molecule has 0 aromatic heterocycles. The Kier molecular flexibility index (Phi) is 7.37. The number of carbonyl (C=O) groups is 3. The number of hydrogen-bond acceptors (Lipinski definition) is 5. The van der Waals surface area contributed by atoms with Gasteiger partial charge in [0.15, 0.2) is 5.78 Å². The van der Waals surface area contributed by atoms with Crippen molar-refractivity contribution >= 4 is 23.5 Å². The predicted molar refractivity (Wildman–Crippen MR) is 101 cm³/mol. The van der Waals surface area contributed by atoms with Gasteiger partial charge in [-0.1, -0.05) is 18.2 Å². The van der Waals surface area contributed by atoms with Crippen LogP contribution in [0.15, 0.2) is 48.5 Å². The summed E-state index contributed by atoms with van der Waals surface area (Å²) in [5.41, 5.74) is 1.78. The number of anilines is 1. The lowest BCUT2D eigenvalue weighted by Gasteiger charge is -2.11. The monoisotopic (exact) mass is 370 g/mol.